The van der Waals surface area contributed by atoms with E-state index in [9.17, 15) is 0 Å². The first kappa shape index (κ1) is 10.5. The maximum atomic E-state index is 4.38. The number of hydrogen-bond acceptors (Lipinski definition) is 1. The van der Waals surface area contributed by atoms with Gasteiger partial charge in [0.05, 0.1) is 11.0 Å². The fourth-order valence-electron chi connectivity index (χ4n) is 2.00. The molecule has 2 nitrogen and oxygen atoms in total. The molecular weight excluding hydrogens is 276 g/mol. The zero-order chi connectivity index (χ0) is 11.8. The lowest BCUT2D eigenvalue weighted by Gasteiger charge is -2.01. The van der Waals surface area contributed by atoms with Crippen molar-refractivity contribution in [1.29, 1.82) is 0 Å². The summed E-state index contributed by atoms with van der Waals surface area (Å²) in [5.74, 6) is 0. The van der Waals surface area contributed by atoms with E-state index in [-0.39, 0.29) is 0 Å². The molecule has 0 fully saturated rings. The molecular formula is C14H11BrN2. The number of fused-ring (bicyclic) bond motifs is 1. The number of H-pyrrole nitrogens is 1. The van der Waals surface area contributed by atoms with Crippen molar-refractivity contribution in [1.82, 2.24) is 9.97 Å². The second-order valence-corrected chi connectivity index (χ2v) is 5.00. The molecule has 0 aliphatic heterocycles. The van der Waals surface area contributed by atoms with Gasteiger partial charge in [-0.15, -0.1) is 0 Å². The molecule has 3 heteroatoms. The van der Waals surface area contributed by atoms with Gasteiger partial charge in [0.25, 0.3) is 0 Å². The van der Waals surface area contributed by atoms with Gasteiger partial charge in [0, 0.05) is 21.9 Å². The fourth-order valence-corrected chi connectivity index (χ4v) is 2.33. The van der Waals surface area contributed by atoms with Gasteiger partial charge in [0.15, 0.2) is 0 Å². The van der Waals surface area contributed by atoms with Crippen LogP contribution >= 0.6 is 15.9 Å². The van der Waals surface area contributed by atoms with Gasteiger partial charge >= 0.3 is 0 Å². The summed E-state index contributed by atoms with van der Waals surface area (Å²) in [6.45, 7) is 2.12. The molecule has 0 radical (unpaired) electrons. The number of nitrogens with one attached hydrogen (secondary N) is 1. The molecule has 1 N–H and O–H groups in total. The Kier molecular flexibility index (Phi) is 2.48. The Morgan fingerprint density at radius 2 is 2.00 bits per heavy atom. The van der Waals surface area contributed by atoms with E-state index in [1.165, 1.54) is 11.1 Å². The molecule has 84 valence electrons. The van der Waals surface area contributed by atoms with E-state index in [4.69, 9.17) is 0 Å². The van der Waals surface area contributed by atoms with Crippen molar-refractivity contribution in [2.75, 3.05) is 0 Å². The van der Waals surface area contributed by atoms with Crippen molar-refractivity contribution in [3.63, 3.8) is 0 Å². The summed E-state index contributed by atoms with van der Waals surface area (Å²) >= 11 is 3.43. The van der Waals surface area contributed by atoms with Crippen LogP contribution in [0.1, 0.15) is 5.56 Å². The fraction of sp³-hybridized carbons (Fsp3) is 0.0714. The predicted molar refractivity (Wildman–Crippen MR) is 74.0 cm³/mol. The maximum absolute atomic E-state index is 4.38. The lowest BCUT2D eigenvalue weighted by molar-refractivity contribution is 1.37. The minimum Gasteiger partial charge on any atom is -0.353 e. The van der Waals surface area contributed by atoms with Crippen LogP contribution in [-0.2, 0) is 0 Å². The molecule has 0 atom stereocenters. The Balaban J connectivity index is 2.22. The van der Waals surface area contributed by atoms with Crippen LogP contribution in [0.2, 0.25) is 0 Å². The van der Waals surface area contributed by atoms with Gasteiger partial charge in [-0.3, -0.25) is 4.98 Å². The number of benzene rings is 1. The Morgan fingerprint density at radius 3 is 2.82 bits per heavy atom. The second kappa shape index (κ2) is 4.00. The molecule has 0 saturated carbocycles. The average molecular weight is 287 g/mol. The van der Waals surface area contributed by atoms with E-state index in [0.717, 1.165) is 21.2 Å². The third-order valence-corrected chi connectivity index (χ3v) is 3.30. The van der Waals surface area contributed by atoms with Crippen LogP contribution in [0.25, 0.3) is 22.3 Å². The highest BCUT2D eigenvalue weighted by molar-refractivity contribution is 9.10. The number of halogens is 1. The highest BCUT2D eigenvalue weighted by atomic mass is 79.9. The second-order valence-electron chi connectivity index (χ2n) is 4.08. The highest BCUT2D eigenvalue weighted by Crippen LogP contribution is 2.26. The van der Waals surface area contributed by atoms with E-state index in [0.29, 0.717) is 0 Å². The number of aryl methyl sites for hydroxylation is 1. The molecule has 3 aromatic rings. The van der Waals surface area contributed by atoms with Crippen LogP contribution < -0.4 is 0 Å². The normalized spacial score (nSPS) is 10.9. The first-order valence-corrected chi connectivity index (χ1v) is 6.23. The summed E-state index contributed by atoms with van der Waals surface area (Å²) in [6.07, 6.45) is 1.82. The van der Waals surface area contributed by atoms with Crippen molar-refractivity contribution in [2.24, 2.45) is 0 Å². The van der Waals surface area contributed by atoms with Crippen molar-refractivity contribution < 1.29 is 0 Å². The van der Waals surface area contributed by atoms with E-state index in [2.05, 4.69) is 63.2 Å². The van der Waals surface area contributed by atoms with Crippen molar-refractivity contribution in [3.8, 4) is 11.3 Å². The molecule has 0 unspecified atom stereocenters. The number of nitrogens with zero attached hydrogens (tertiary/aromatic N) is 1. The average Bonchev–Trinajstić information content (AvgIpc) is 2.72. The van der Waals surface area contributed by atoms with Crippen molar-refractivity contribution in [2.45, 2.75) is 6.92 Å². The van der Waals surface area contributed by atoms with E-state index < -0.39 is 0 Å². The summed E-state index contributed by atoms with van der Waals surface area (Å²) in [5.41, 5.74) is 5.65. The van der Waals surface area contributed by atoms with Crippen LogP contribution in [0.5, 0.6) is 0 Å². The van der Waals surface area contributed by atoms with Crippen LogP contribution in [-0.4, -0.2) is 9.97 Å². The molecule has 17 heavy (non-hydrogen) atoms. The van der Waals surface area contributed by atoms with Crippen molar-refractivity contribution >= 4 is 27.0 Å². The summed E-state index contributed by atoms with van der Waals surface area (Å²) < 4.78 is 0.989. The lowest BCUT2D eigenvalue weighted by atomic mass is 10.1. The molecule has 3 rings (SSSR count). The van der Waals surface area contributed by atoms with E-state index in [1.54, 1.807) is 0 Å². The van der Waals surface area contributed by atoms with Gasteiger partial charge in [0.2, 0.25) is 0 Å². The Hall–Kier alpha value is -1.61. The van der Waals surface area contributed by atoms with Crippen LogP contribution in [0, 0.1) is 6.92 Å². The van der Waals surface area contributed by atoms with Crippen LogP contribution in [0.3, 0.4) is 0 Å². The zero-order valence-corrected chi connectivity index (χ0v) is 11.0. The zero-order valence-electron chi connectivity index (χ0n) is 9.37. The highest BCUT2D eigenvalue weighted by Gasteiger charge is 2.06. The monoisotopic (exact) mass is 286 g/mol. The van der Waals surface area contributed by atoms with E-state index in [1.807, 2.05) is 12.3 Å². The molecule has 0 spiro atoms. The molecule has 0 amide bonds. The maximum Gasteiger partial charge on any atom is 0.0886 e. The summed E-state index contributed by atoms with van der Waals surface area (Å²) in [7, 11) is 0. The number of aromatic amines is 1. The van der Waals surface area contributed by atoms with E-state index >= 15 is 0 Å². The molecule has 0 aliphatic rings. The van der Waals surface area contributed by atoms with Gasteiger partial charge in [-0.1, -0.05) is 24.3 Å². The largest absolute Gasteiger partial charge is 0.353 e. The van der Waals surface area contributed by atoms with Crippen molar-refractivity contribution in [3.05, 3.63) is 52.6 Å². The Bertz CT molecular complexity index is 686. The topological polar surface area (TPSA) is 28.7 Å². The van der Waals surface area contributed by atoms with Gasteiger partial charge < -0.3 is 4.98 Å². The summed E-state index contributed by atoms with van der Waals surface area (Å²) in [4.78, 5) is 7.78. The standard InChI is InChI=1S/C14H11BrN2/c1-9-4-2-3-5-11(9)12-7-13-14(17-12)6-10(15)8-16-13/h2-8,17H,1H3. The van der Waals surface area contributed by atoms with Gasteiger partial charge in [-0.2, -0.15) is 0 Å². The van der Waals surface area contributed by atoms with Gasteiger partial charge in [0.1, 0.15) is 0 Å². The number of aromatic nitrogens is 2. The number of rotatable bonds is 1. The third kappa shape index (κ3) is 1.87. The Labute approximate surface area is 108 Å². The minimum atomic E-state index is 0.989. The van der Waals surface area contributed by atoms with Gasteiger partial charge in [-0.25, -0.2) is 0 Å². The molecule has 2 aromatic heterocycles. The number of hydrogen-bond donors (Lipinski definition) is 1. The Morgan fingerprint density at radius 1 is 1.18 bits per heavy atom. The number of pyridine rings is 1. The quantitative estimate of drug-likeness (QED) is 0.710. The molecule has 2 heterocycles. The van der Waals surface area contributed by atoms with Crippen LogP contribution in [0.4, 0.5) is 0 Å². The molecule has 0 saturated heterocycles. The molecule has 0 bridgehead atoms. The predicted octanol–water partition coefficient (Wildman–Crippen LogP) is 4.30. The smallest absolute Gasteiger partial charge is 0.0886 e. The molecule has 0 aliphatic carbocycles. The minimum absolute atomic E-state index is 0.989. The third-order valence-electron chi connectivity index (χ3n) is 2.87. The first-order chi connectivity index (χ1) is 8.24. The summed E-state index contributed by atoms with van der Waals surface area (Å²) in [5, 5.41) is 0. The first-order valence-electron chi connectivity index (χ1n) is 5.44. The van der Waals surface area contributed by atoms with Gasteiger partial charge in [-0.05, 0) is 40.5 Å². The van der Waals surface area contributed by atoms with Crippen LogP contribution in [0.15, 0.2) is 47.1 Å². The lowest BCUT2D eigenvalue weighted by Crippen LogP contribution is -1.81. The SMILES string of the molecule is Cc1ccccc1-c1cc2ncc(Br)cc2[nH]1. The summed E-state index contributed by atoms with van der Waals surface area (Å²) in [6, 6.07) is 12.5. The molecule has 1 aromatic carbocycles.